The highest BCUT2D eigenvalue weighted by Crippen LogP contribution is 2.15. The van der Waals surface area contributed by atoms with Crippen LogP contribution in [0.4, 0.5) is 10.1 Å². The van der Waals surface area contributed by atoms with E-state index in [1.165, 1.54) is 25.3 Å². The van der Waals surface area contributed by atoms with Gasteiger partial charge < -0.3 is 15.4 Å². The van der Waals surface area contributed by atoms with Gasteiger partial charge in [-0.1, -0.05) is 0 Å². The molecule has 0 unspecified atom stereocenters. The SMILES string of the molecule is COC(=O)CN1CCN(C(=O)c2cc(N)ccc2F)CC1. The van der Waals surface area contributed by atoms with Crippen LogP contribution in [0.2, 0.25) is 0 Å². The highest BCUT2D eigenvalue weighted by atomic mass is 19.1. The van der Waals surface area contributed by atoms with E-state index in [1.54, 1.807) is 4.90 Å². The first-order valence-corrected chi connectivity index (χ1v) is 6.64. The van der Waals surface area contributed by atoms with Crippen molar-refractivity contribution in [3.8, 4) is 0 Å². The number of benzene rings is 1. The summed E-state index contributed by atoms with van der Waals surface area (Å²) >= 11 is 0. The van der Waals surface area contributed by atoms with Gasteiger partial charge in [0.15, 0.2) is 0 Å². The normalized spacial score (nSPS) is 15.8. The Kier molecular flexibility index (Phi) is 4.74. The number of hydrogen-bond donors (Lipinski definition) is 1. The zero-order valence-corrected chi connectivity index (χ0v) is 11.8. The molecule has 1 aliphatic heterocycles. The summed E-state index contributed by atoms with van der Waals surface area (Å²) < 4.78 is 18.3. The third-order valence-electron chi connectivity index (χ3n) is 3.46. The summed E-state index contributed by atoms with van der Waals surface area (Å²) in [5, 5.41) is 0. The topological polar surface area (TPSA) is 75.9 Å². The van der Waals surface area contributed by atoms with Gasteiger partial charge in [-0.2, -0.15) is 0 Å². The number of ether oxygens (including phenoxy) is 1. The fourth-order valence-electron chi connectivity index (χ4n) is 2.23. The van der Waals surface area contributed by atoms with Crippen molar-refractivity contribution >= 4 is 17.6 Å². The van der Waals surface area contributed by atoms with E-state index in [0.717, 1.165) is 0 Å². The van der Waals surface area contributed by atoms with Crippen molar-refractivity contribution in [2.24, 2.45) is 0 Å². The first-order valence-electron chi connectivity index (χ1n) is 6.64. The molecule has 0 aromatic heterocycles. The number of piperazine rings is 1. The molecule has 2 N–H and O–H groups in total. The van der Waals surface area contributed by atoms with E-state index >= 15 is 0 Å². The Morgan fingerprint density at radius 2 is 1.95 bits per heavy atom. The average molecular weight is 295 g/mol. The molecule has 1 fully saturated rings. The molecule has 0 aliphatic carbocycles. The summed E-state index contributed by atoms with van der Waals surface area (Å²) in [6.07, 6.45) is 0. The number of carbonyl (C=O) groups excluding carboxylic acids is 2. The Morgan fingerprint density at radius 1 is 1.29 bits per heavy atom. The molecule has 0 saturated carbocycles. The summed E-state index contributed by atoms with van der Waals surface area (Å²) in [5.74, 6) is -1.26. The van der Waals surface area contributed by atoms with E-state index < -0.39 is 5.82 Å². The van der Waals surface area contributed by atoms with E-state index in [4.69, 9.17) is 5.73 Å². The van der Waals surface area contributed by atoms with Crippen LogP contribution in [-0.4, -0.2) is 61.5 Å². The summed E-state index contributed by atoms with van der Waals surface area (Å²) in [6, 6.07) is 3.95. The molecule has 0 spiro atoms. The largest absolute Gasteiger partial charge is 0.468 e. The number of methoxy groups -OCH3 is 1. The second-order valence-corrected chi connectivity index (χ2v) is 4.88. The van der Waals surface area contributed by atoms with Gasteiger partial charge in [-0.3, -0.25) is 14.5 Å². The molecule has 1 heterocycles. The predicted molar refractivity (Wildman–Crippen MR) is 75.2 cm³/mol. The van der Waals surface area contributed by atoms with Crippen molar-refractivity contribution in [3.63, 3.8) is 0 Å². The van der Waals surface area contributed by atoms with Crippen LogP contribution in [0, 0.1) is 5.82 Å². The van der Waals surface area contributed by atoms with Gasteiger partial charge in [0.2, 0.25) is 0 Å². The monoisotopic (exact) mass is 295 g/mol. The number of nitrogens with two attached hydrogens (primary N) is 1. The van der Waals surface area contributed by atoms with Gasteiger partial charge in [0.1, 0.15) is 5.82 Å². The summed E-state index contributed by atoms with van der Waals surface area (Å²) in [6.45, 7) is 2.16. The maximum absolute atomic E-state index is 13.7. The fraction of sp³-hybridized carbons (Fsp3) is 0.429. The third kappa shape index (κ3) is 3.69. The van der Waals surface area contributed by atoms with Crippen LogP contribution in [-0.2, 0) is 9.53 Å². The minimum absolute atomic E-state index is 0.0172. The zero-order valence-electron chi connectivity index (χ0n) is 11.8. The fourth-order valence-corrected chi connectivity index (χ4v) is 2.23. The molecule has 1 saturated heterocycles. The summed E-state index contributed by atoms with van der Waals surface area (Å²) in [5.41, 5.74) is 5.92. The molecular weight excluding hydrogens is 277 g/mol. The quantitative estimate of drug-likeness (QED) is 0.643. The molecule has 7 heteroatoms. The van der Waals surface area contributed by atoms with Gasteiger partial charge in [-0.25, -0.2) is 4.39 Å². The van der Waals surface area contributed by atoms with E-state index in [2.05, 4.69) is 4.74 Å². The van der Waals surface area contributed by atoms with Crippen LogP contribution in [0.5, 0.6) is 0 Å². The van der Waals surface area contributed by atoms with E-state index in [0.29, 0.717) is 31.9 Å². The Hall–Kier alpha value is -2.15. The zero-order chi connectivity index (χ0) is 15.4. The van der Waals surface area contributed by atoms with Crippen molar-refractivity contribution < 1.29 is 18.7 Å². The predicted octanol–water partition coefficient (Wildman–Crippen LogP) is 0.339. The number of amides is 1. The molecule has 2 rings (SSSR count). The lowest BCUT2D eigenvalue weighted by Gasteiger charge is -2.34. The Labute approximate surface area is 122 Å². The van der Waals surface area contributed by atoms with Crippen LogP contribution >= 0.6 is 0 Å². The number of nitrogens with zero attached hydrogens (tertiary/aromatic N) is 2. The van der Waals surface area contributed by atoms with Crippen LogP contribution < -0.4 is 5.73 Å². The highest BCUT2D eigenvalue weighted by Gasteiger charge is 2.25. The second-order valence-electron chi connectivity index (χ2n) is 4.88. The van der Waals surface area contributed by atoms with Crippen LogP contribution in [0.15, 0.2) is 18.2 Å². The summed E-state index contributed by atoms with van der Waals surface area (Å²) in [4.78, 5) is 26.9. The molecule has 0 bridgehead atoms. The molecule has 1 amide bonds. The van der Waals surface area contributed by atoms with Crippen molar-refractivity contribution in [1.82, 2.24) is 9.80 Å². The van der Waals surface area contributed by atoms with Gasteiger partial charge in [0, 0.05) is 31.9 Å². The number of carbonyl (C=O) groups is 2. The van der Waals surface area contributed by atoms with Gasteiger partial charge in [0.25, 0.3) is 5.91 Å². The standard InChI is InChI=1S/C14H18FN3O3/c1-21-13(19)9-17-4-6-18(7-5-17)14(20)11-8-10(16)2-3-12(11)15/h2-3,8H,4-7,9,16H2,1H3. The number of esters is 1. The lowest BCUT2D eigenvalue weighted by atomic mass is 10.1. The Bertz CT molecular complexity index is 542. The van der Waals surface area contributed by atoms with E-state index in [9.17, 15) is 14.0 Å². The molecule has 1 aromatic rings. The van der Waals surface area contributed by atoms with Gasteiger partial charge in [0.05, 0.1) is 19.2 Å². The molecule has 0 radical (unpaired) electrons. The Morgan fingerprint density at radius 3 is 2.57 bits per heavy atom. The van der Waals surface area contributed by atoms with E-state index in [1.807, 2.05) is 4.90 Å². The highest BCUT2D eigenvalue weighted by molar-refractivity contribution is 5.95. The first-order chi connectivity index (χ1) is 10.0. The van der Waals surface area contributed by atoms with Crippen molar-refractivity contribution in [1.29, 1.82) is 0 Å². The average Bonchev–Trinajstić information content (AvgIpc) is 2.49. The number of hydrogen-bond acceptors (Lipinski definition) is 5. The van der Waals surface area contributed by atoms with Crippen LogP contribution in [0.3, 0.4) is 0 Å². The maximum Gasteiger partial charge on any atom is 0.319 e. The lowest BCUT2D eigenvalue weighted by molar-refractivity contribution is -0.142. The molecule has 21 heavy (non-hydrogen) atoms. The third-order valence-corrected chi connectivity index (χ3v) is 3.46. The molecule has 1 aromatic carbocycles. The second kappa shape index (κ2) is 6.53. The molecule has 114 valence electrons. The number of nitrogen functional groups attached to an aromatic ring is 1. The number of anilines is 1. The smallest absolute Gasteiger partial charge is 0.319 e. The summed E-state index contributed by atoms with van der Waals surface area (Å²) in [7, 11) is 1.34. The maximum atomic E-state index is 13.7. The van der Waals surface area contributed by atoms with Gasteiger partial charge in [-0.15, -0.1) is 0 Å². The number of rotatable bonds is 3. The number of halogens is 1. The van der Waals surface area contributed by atoms with Crippen molar-refractivity contribution in [2.75, 3.05) is 45.6 Å². The van der Waals surface area contributed by atoms with Gasteiger partial charge in [-0.05, 0) is 18.2 Å². The van der Waals surface area contributed by atoms with E-state index in [-0.39, 0.29) is 24.0 Å². The van der Waals surface area contributed by atoms with Crippen molar-refractivity contribution in [3.05, 3.63) is 29.6 Å². The lowest BCUT2D eigenvalue weighted by Crippen LogP contribution is -2.50. The first kappa shape index (κ1) is 15.2. The Balaban J connectivity index is 1.97. The minimum atomic E-state index is -0.578. The van der Waals surface area contributed by atoms with Crippen LogP contribution in [0.25, 0.3) is 0 Å². The van der Waals surface area contributed by atoms with Crippen molar-refractivity contribution in [2.45, 2.75) is 0 Å². The minimum Gasteiger partial charge on any atom is -0.468 e. The molecule has 1 aliphatic rings. The van der Waals surface area contributed by atoms with Crippen LogP contribution in [0.1, 0.15) is 10.4 Å². The van der Waals surface area contributed by atoms with Gasteiger partial charge >= 0.3 is 5.97 Å². The molecular formula is C14H18FN3O3. The molecule has 0 atom stereocenters. The molecule has 6 nitrogen and oxygen atoms in total.